The predicted molar refractivity (Wildman–Crippen MR) is 184 cm³/mol. The van der Waals surface area contributed by atoms with Gasteiger partial charge in [0, 0.05) is 25.2 Å². The highest BCUT2D eigenvalue weighted by atomic mass is 16.6. The van der Waals surface area contributed by atoms with Crippen LogP contribution in [0.2, 0.25) is 0 Å². The van der Waals surface area contributed by atoms with E-state index in [-0.39, 0.29) is 43.4 Å². The molecule has 1 saturated carbocycles. The Morgan fingerprint density at radius 2 is 1.37 bits per heavy atom. The Bertz CT molecular complexity index is 787. The van der Waals surface area contributed by atoms with Crippen molar-refractivity contribution in [3.63, 3.8) is 0 Å². The number of rotatable bonds is 29. The molecule has 0 bridgehead atoms. The zero-order chi connectivity index (χ0) is 34.0. The molecule has 0 heterocycles. The molecule has 1 aliphatic carbocycles. The molecule has 1 fully saturated rings. The van der Waals surface area contributed by atoms with Gasteiger partial charge in [-0.15, -0.1) is 0 Å². The smallest absolute Gasteiger partial charge is 0.306 e. The fourth-order valence-corrected chi connectivity index (χ4v) is 6.39. The first-order valence-corrected chi connectivity index (χ1v) is 18.9. The van der Waals surface area contributed by atoms with Gasteiger partial charge in [-0.3, -0.25) is 9.59 Å². The van der Waals surface area contributed by atoms with E-state index in [9.17, 15) is 30.0 Å². The fraction of sp³-hybridized carbons (Fsp3) is 0.895. The summed E-state index contributed by atoms with van der Waals surface area (Å²) in [6.45, 7) is 6.19. The van der Waals surface area contributed by atoms with E-state index >= 15 is 0 Å². The van der Waals surface area contributed by atoms with E-state index in [0.29, 0.717) is 25.7 Å². The summed E-state index contributed by atoms with van der Waals surface area (Å²) in [5, 5.41) is 40.7. The first-order chi connectivity index (χ1) is 22.2. The van der Waals surface area contributed by atoms with Gasteiger partial charge in [-0.1, -0.05) is 129 Å². The van der Waals surface area contributed by atoms with Crippen molar-refractivity contribution in [2.45, 2.75) is 186 Å². The number of esters is 2. The Labute approximate surface area is 280 Å². The molecule has 0 aromatic rings. The molecule has 4 N–H and O–H groups in total. The Morgan fingerprint density at radius 3 is 2.00 bits per heavy atom. The van der Waals surface area contributed by atoms with Crippen LogP contribution in [0.5, 0.6) is 0 Å². The van der Waals surface area contributed by atoms with Crippen molar-refractivity contribution in [1.82, 2.24) is 0 Å². The second-order valence-electron chi connectivity index (χ2n) is 13.9. The van der Waals surface area contributed by atoms with Crippen molar-refractivity contribution in [1.29, 1.82) is 0 Å². The van der Waals surface area contributed by atoms with Gasteiger partial charge in [0.15, 0.2) is 6.10 Å². The number of ether oxygens (including phenoxy) is 2. The Balaban J connectivity index is 2.12. The largest absolute Gasteiger partial charge is 0.462 e. The summed E-state index contributed by atoms with van der Waals surface area (Å²) in [6.07, 6.45) is 22.0. The number of hydrogen-bond donors (Lipinski definition) is 4. The highest BCUT2D eigenvalue weighted by Gasteiger charge is 2.39. The van der Waals surface area contributed by atoms with E-state index in [2.05, 4.69) is 20.8 Å². The third-order valence-electron chi connectivity index (χ3n) is 9.70. The minimum absolute atomic E-state index is 0.0313. The van der Waals surface area contributed by atoms with Crippen molar-refractivity contribution in [2.24, 2.45) is 17.8 Å². The second kappa shape index (κ2) is 27.5. The van der Waals surface area contributed by atoms with Gasteiger partial charge in [0.1, 0.15) is 6.61 Å². The number of carbonyl (C=O) groups is 2. The average molecular weight is 655 g/mol. The van der Waals surface area contributed by atoms with E-state index in [0.717, 1.165) is 70.1 Å². The Kier molecular flexibility index (Phi) is 25.4. The van der Waals surface area contributed by atoms with Gasteiger partial charge in [-0.05, 0) is 37.5 Å². The predicted octanol–water partition coefficient (Wildman–Crippen LogP) is 7.58. The molecule has 0 spiro atoms. The number of hydrogen-bond acceptors (Lipinski definition) is 8. The fourth-order valence-electron chi connectivity index (χ4n) is 6.39. The van der Waals surface area contributed by atoms with Crippen LogP contribution in [0, 0.1) is 17.8 Å². The van der Waals surface area contributed by atoms with Crippen LogP contribution in [0.25, 0.3) is 0 Å². The van der Waals surface area contributed by atoms with Crippen LogP contribution in [-0.2, 0) is 19.1 Å². The normalized spacial score (nSPS) is 21.8. The summed E-state index contributed by atoms with van der Waals surface area (Å²) in [7, 11) is 0. The van der Waals surface area contributed by atoms with Crippen molar-refractivity contribution in [3.05, 3.63) is 12.2 Å². The number of aliphatic hydroxyl groups excluding tert-OH is 4. The molecule has 0 radical (unpaired) electrons. The molecule has 7 atom stereocenters. The Morgan fingerprint density at radius 1 is 0.783 bits per heavy atom. The Hall–Kier alpha value is -1.48. The lowest BCUT2D eigenvalue weighted by Crippen LogP contribution is -2.28. The standard InChI is InChI=1S/C38H70O8/c1-4-6-15-21-31(40)25-26-34-33(35(41)27-36(34)42)22-17-13-14-18-23-37(43)45-29-32(28-39)46-38(44)24-19-12-10-8-7-9-11-16-20-30(3)5-2/h25-26,30-36,39-42H,4-24,27-29H2,1-3H3/b26-25+/t30?,31-,32-,33+,34+,35-,36+/m0/s1. The van der Waals surface area contributed by atoms with Gasteiger partial charge < -0.3 is 29.9 Å². The molecule has 0 aromatic heterocycles. The van der Waals surface area contributed by atoms with Crippen LogP contribution in [0.3, 0.4) is 0 Å². The van der Waals surface area contributed by atoms with Gasteiger partial charge in [-0.2, -0.15) is 0 Å². The highest BCUT2D eigenvalue weighted by Crippen LogP contribution is 2.37. The molecular weight excluding hydrogens is 584 g/mol. The molecule has 8 heteroatoms. The second-order valence-corrected chi connectivity index (χ2v) is 13.9. The van der Waals surface area contributed by atoms with Gasteiger partial charge in [0.25, 0.3) is 0 Å². The van der Waals surface area contributed by atoms with Crippen molar-refractivity contribution in [3.8, 4) is 0 Å². The lowest BCUT2D eigenvalue weighted by Gasteiger charge is -2.21. The third-order valence-corrected chi connectivity index (χ3v) is 9.70. The molecule has 0 aromatic carbocycles. The van der Waals surface area contributed by atoms with Gasteiger partial charge >= 0.3 is 11.9 Å². The van der Waals surface area contributed by atoms with E-state index in [1.807, 2.05) is 6.08 Å². The number of carbonyl (C=O) groups excluding carboxylic acids is 2. The zero-order valence-corrected chi connectivity index (χ0v) is 29.6. The first kappa shape index (κ1) is 42.5. The van der Waals surface area contributed by atoms with Gasteiger partial charge in [0.05, 0.1) is 24.9 Å². The maximum atomic E-state index is 12.2. The highest BCUT2D eigenvalue weighted by molar-refractivity contribution is 5.70. The maximum absolute atomic E-state index is 12.2. The molecule has 0 aliphatic heterocycles. The molecule has 8 nitrogen and oxygen atoms in total. The van der Waals surface area contributed by atoms with E-state index in [1.165, 1.54) is 44.9 Å². The SMILES string of the molecule is CCCCC[C@H](O)/C=C/[C@@H]1[C@@H](CCCCCCC(=O)OC[C@H](CO)OC(=O)CCCCCCCCCCC(C)CC)[C@@H](O)C[C@H]1O. The minimum Gasteiger partial charge on any atom is -0.462 e. The van der Waals surface area contributed by atoms with Gasteiger partial charge in [-0.25, -0.2) is 0 Å². The summed E-state index contributed by atoms with van der Waals surface area (Å²) >= 11 is 0. The summed E-state index contributed by atoms with van der Waals surface area (Å²) in [4.78, 5) is 24.4. The number of unbranched alkanes of at least 4 members (excludes halogenated alkanes) is 12. The zero-order valence-electron chi connectivity index (χ0n) is 29.6. The topological polar surface area (TPSA) is 134 Å². The van der Waals surface area contributed by atoms with Crippen LogP contribution in [0.1, 0.15) is 162 Å². The lowest BCUT2D eigenvalue weighted by atomic mass is 9.88. The van der Waals surface area contributed by atoms with Crippen LogP contribution < -0.4 is 0 Å². The van der Waals surface area contributed by atoms with Crippen molar-refractivity contribution in [2.75, 3.05) is 13.2 Å². The van der Waals surface area contributed by atoms with Crippen molar-refractivity contribution >= 4 is 11.9 Å². The molecular formula is C38H70O8. The van der Waals surface area contributed by atoms with E-state index in [1.54, 1.807) is 6.08 Å². The molecule has 46 heavy (non-hydrogen) atoms. The first-order valence-electron chi connectivity index (χ1n) is 18.9. The molecule has 0 amide bonds. The summed E-state index contributed by atoms with van der Waals surface area (Å²) in [5.74, 6) is -0.0726. The summed E-state index contributed by atoms with van der Waals surface area (Å²) in [5.41, 5.74) is 0. The van der Waals surface area contributed by atoms with Crippen LogP contribution >= 0.6 is 0 Å². The molecule has 1 aliphatic rings. The molecule has 0 saturated heterocycles. The third kappa shape index (κ3) is 20.7. The minimum atomic E-state index is -0.834. The van der Waals surface area contributed by atoms with Gasteiger partial charge in [0.2, 0.25) is 0 Å². The van der Waals surface area contributed by atoms with Crippen LogP contribution in [-0.4, -0.2) is 70.0 Å². The monoisotopic (exact) mass is 655 g/mol. The van der Waals surface area contributed by atoms with Crippen LogP contribution in [0.4, 0.5) is 0 Å². The summed E-state index contributed by atoms with van der Waals surface area (Å²) < 4.78 is 10.6. The molecule has 1 unspecified atom stereocenters. The lowest BCUT2D eigenvalue weighted by molar-refractivity contribution is -0.161. The van der Waals surface area contributed by atoms with E-state index < -0.39 is 24.4 Å². The molecule has 270 valence electrons. The maximum Gasteiger partial charge on any atom is 0.306 e. The van der Waals surface area contributed by atoms with E-state index in [4.69, 9.17) is 9.47 Å². The van der Waals surface area contributed by atoms with Crippen molar-refractivity contribution < 1.29 is 39.5 Å². The quantitative estimate of drug-likeness (QED) is 0.0369. The van der Waals surface area contributed by atoms with Crippen LogP contribution in [0.15, 0.2) is 12.2 Å². The average Bonchev–Trinajstić information content (AvgIpc) is 3.31. The molecule has 1 rings (SSSR count). The summed E-state index contributed by atoms with van der Waals surface area (Å²) in [6, 6.07) is 0. The number of aliphatic hydroxyl groups is 4.